The molecule has 0 bridgehead atoms. The molecule has 0 spiro atoms. The van der Waals surface area contributed by atoms with E-state index in [-0.39, 0.29) is 0 Å². The van der Waals surface area contributed by atoms with Crippen molar-refractivity contribution in [3.05, 3.63) is 10.6 Å². The average Bonchev–Trinajstić information content (AvgIpc) is 2.56. The predicted molar refractivity (Wildman–Crippen MR) is 73.8 cm³/mol. The first-order valence-corrected chi connectivity index (χ1v) is 7.26. The molecule has 1 rings (SSSR count). The lowest BCUT2D eigenvalue weighted by molar-refractivity contribution is 0.490. The Kier molecular flexibility index (Phi) is 6.14. The number of nitrogens with zero attached hydrogens (tertiary/aromatic N) is 1. The van der Waals surface area contributed by atoms with E-state index in [1.807, 2.05) is 0 Å². The number of halogens is 1. The van der Waals surface area contributed by atoms with Gasteiger partial charge in [-0.05, 0) is 32.6 Å². The molecule has 4 heteroatoms. The van der Waals surface area contributed by atoms with Gasteiger partial charge in [0, 0.05) is 17.3 Å². The summed E-state index contributed by atoms with van der Waals surface area (Å²) in [4.78, 5) is 5.77. The number of thiazole rings is 1. The molecule has 16 heavy (non-hydrogen) atoms. The maximum absolute atomic E-state index is 5.80. The summed E-state index contributed by atoms with van der Waals surface area (Å²) >= 11 is 7.54. The van der Waals surface area contributed by atoms with E-state index in [1.165, 1.54) is 17.7 Å². The maximum atomic E-state index is 5.80. The van der Waals surface area contributed by atoms with Crippen LogP contribution in [0.4, 0.5) is 5.13 Å². The summed E-state index contributed by atoms with van der Waals surface area (Å²) in [6, 6.07) is 0. The molecule has 2 nitrogen and oxygen atoms in total. The molecule has 1 heterocycles. The number of nitrogens with one attached hydrogen (secondary N) is 1. The topological polar surface area (TPSA) is 24.9 Å². The van der Waals surface area contributed by atoms with Gasteiger partial charge in [0.25, 0.3) is 0 Å². The highest BCUT2D eigenvalue weighted by Crippen LogP contribution is 2.22. The Morgan fingerprint density at radius 1 is 1.38 bits per heavy atom. The number of rotatable bonds is 7. The van der Waals surface area contributed by atoms with E-state index in [2.05, 4.69) is 31.1 Å². The molecule has 1 atom stereocenters. The normalized spacial score (nSPS) is 12.8. The molecular weight excluding hydrogens is 240 g/mol. The van der Waals surface area contributed by atoms with Crippen molar-refractivity contribution in [3.63, 3.8) is 0 Å². The van der Waals surface area contributed by atoms with Crippen LogP contribution >= 0.6 is 22.9 Å². The lowest BCUT2D eigenvalue weighted by atomic mass is 10.0. The molecule has 1 aromatic heterocycles. The van der Waals surface area contributed by atoms with Crippen molar-refractivity contribution in [1.82, 2.24) is 4.98 Å². The number of hydrogen-bond acceptors (Lipinski definition) is 3. The van der Waals surface area contributed by atoms with Crippen LogP contribution in [-0.4, -0.2) is 17.4 Å². The van der Waals surface area contributed by atoms with Crippen molar-refractivity contribution in [3.8, 4) is 0 Å². The van der Waals surface area contributed by atoms with E-state index >= 15 is 0 Å². The quantitative estimate of drug-likeness (QED) is 0.743. The fourth-order valence-corrected chi connectivity index (χ4v) is 2.82. The van der Waals surface area contributed by atoms with Crippen LogP contribution in [0.1, 0.15) is 36.8 Å². The molecule has 0 radical (unpaired) electrons. The standard InChI is InChI=1S/C12H21ClN2S/c1-4-5-11(6-7-13)8-14-12-15-9(2)10(3)16-12/h11H,4-8H2,1-3H3,(H,14,15). The summed E-state index contributed by atoms with van der Waals surface area (Å²) in [6.07, 6.45) is 3.55. The molecule has 92 valence electrons. The van der Waals surface area contributed by atoms with Crippen LogP contribution in [0.25, 0.3) is 0 Å². The summed E-state index contributed by atoms with van der Waals surface area (Å²) in [5, 5.41) is 4.47. The van der Waals surface area contributed by atoms with Crippen molar-refractivity contribution in [2.24, 2.45) is 5.92 Å². The van der Waals surface area contributed by atoms with Crippen molar-refractivity contribution >= 4 is 28.1 Å². The molecule has 0 aliphatic heterocycles. The van der Waals surface area contributed by atoms with Crippen LogP contribution in [0.3, 0.4) is 0 Å². The zero-order chi connectivity index (χ0) is 12.0. The maximum Gasteiger partial charge on any atom is 0.183 e. The number of aryl methyl sites for hydroxylation is 2. The summed E-state index contributed by atoms with van der Waals surface area (Å²) < 4.78 is 0. The lowest BCUT2D eigenvalue weighted by Crippen LogP contribution is -2.14. The number of aromatic nitrogens is 1. The van der Waals surface area contributed by atoms with Crippen molar-refractivity contribution in [2.45, 2.75) is 40.0 Å². The molecule has 0 saturated heterocycles. The van der Waals surface area contributed by atoms with Gasteiger partial charge in [0.2, 0.25) is 0 Å². The molecule has 0 aliphatic carbocycles. The zero-order valence-electron chi connectivity index (χ0n) is 10.3. The van der Waals surface area contributed by atoms with Gasteiger partial charge in [0.1, 0.15) is 0 Å². The second kappa shape index (κ2) is 7.13. The minimum Gasteiger partial charge on any atom is -0.361 e. The minimum atomic E-state index is 0.673. The Bertz CT molecular complexity index is 286. The lowest BCUT2D eigenvalue weighted by Gasteiger charge is -2.14. The predicted octanol–water partition coefficient (Wildman–Crippen LogP) is 4.22. The van der Waals surface area contributed by atoms with E-state index in [9.17, 15) is 0 Å². The first-order valence-electron chi connectivity index (χ1n) is 5.91. The second-order valence-electron chi connectivity index (χ2n) is 4.17. The Morgan fingerprint density at radius 3 is 2.62 bits per heavy atom. The van der Waals surface area contributed by atoms with Gasteiger partial charge >= 0.3 is 0 Å². The molecule has 0 aromatic carbocycles. The van der Waals surface area contributed by atoms with Gasteiger partial charge in [-0.3, -0.25) is 0 Å². The highest BCUT2D eigenvalue weighted by Gasteiger charge is 2.09. The molecule has 1 N–H and O–H groups in total. The summed E-state index contributed by atoms with van der Waals surface area (Å²) in [7, 11) is 0. The molecule has 0 amide bonds. The van der Waals surface area contributed by atoms with Crippen LogP contribution in [0, 0.1) is 19.8 Å². The van der Waals surface area contributed by atoms with E-state index < -0.39 is 0 Å². The summed E-state index contributed by atoms with van der Waals surface area (Å²) in [6.45, 7) is 7.38. The van der Waals surface area contributed by atoms with Crippen LogP contribution in [0.15, 0.2) is 0 Å². The molecule has 1 aromatic rings. The Hall–Kier alpha value is -0.280. The Labute approximate surface area is 107 Å². The van der Waals surface area contributed by atoms with E-state index in [4.69, 9.17) is 11.6 Å². The Balaban J connectivity index is 2.41. The van der Waals surface area contributed by atoms with Gasteiger partial charge in [0.15, 0.2) is 5.13 Å². The molecule has 0 saturated carbocycles. The highest BCUT2D eigenvalue weighted by molar-refractivity contribution is 7.15. The highest BCUT2D eigenvalue weighted by atomic mass is 35.5. The SMILES string of the molecule is CCCC(CCCl)CNc1nc(C)c(C)s1. The van der Waals surface area contributed by atoms with Gasteiger partial charge in [-0.25, -0.2) is 4.98 Å². The van der Waals surface area contributed by atoms with Gasteiger partial charge in [-0.15, -0.1) is 22.9 Å². The number of alkyl halides is 1. The second-order valence-corrected chi connectivity index (χ2v) is 5.76. The molecule has 0 aliphatic rings. The van der Waals surface area contributed by atoms with E-state index in [0.717, 1.165) is 29.7 Å². The van der Waals surface area contributed by atoms with Gasteiger partial charge in [-0.1, -0.05) is 13.3 Å². The fourth-order valence-electron chi connectivity index (χ4n) is 1.69. The van der Waals surface area contributed by atoms with Crippen LogP contribution in [0.5, 0.6) is 0 Å². The smallest absolute Gasteiger partial charge is 0.183 e. The minimum absolute atomic E-state index is 0.673. The summed E-state index contributed by atoms with van der Waals surface area (Å²) in [5.41, 5.74) is 1.14. The van der Waals surface area contributed by atoms with Gasteiger partial charge in [0.05, 0.1) is 5.69 Å². The van der Waals surface area contributed by atoms with Crippen molar-refractivity contribution in [1.29, 1.82) is 0 Å². The van der Waals surface area contributed by atoms with E-state index in [0.29, 0.717) is 5.92 Å². The van der Waals surface area contributed by atoms with Crippen LogP contribution in [-0.2, 0) is 0 Å². The molecule has 0 fully saturated rings. The average molecular weight is 261 g/mol. The largest absolute Gasteiger partial charge is 0.361 e. The first kappa shape index (κ1) is 13.8. The van der Waals surface area contributed by atoms with Crippen LogP contribution < -0.4 is 5.32 Å². The summed E-state index contributed by atoms with van der Waals surface area (Å²) in [5.74, 6) is 1.43. The van der Waals surface area contributed by atoms with Crippen molar-refractivity contribution in [2.75, 3.05) is 17.7 Å². The van der Waals surface area contributed by atoms with Crippen LogP contribution in [0.2, 0.25) is 0 Å². The molecule has 1 unspecified atom stereocenters. The monoisotopic (exact) mass is 260 g/mol. The third-order valence-corrected chi connectivity index (χ3v) is 4.03. The van der Waals surface area contributed by atoms with E-state index in [1.54, 1.807) is 11.3 Å². The Morgan fingerprint density at radius 2 is 2.12 bits per heavy atom. The van der Waals surface area contributed by atoms with Gasteiger partial charge in [-0.2, -0.15) is 0 Å². The number of anilines is 1. The number of hydrogen-bond donors (Lipinski definition) is 1. The third kappa shape index (κ3) is 4.30. The third-order valence-electron chi connectivity index (χ3n) is 2.78. The first-order chi connectivity index (χ1) is 7.67. The zero-order valence-corrected chi connectivity index (χ0v) is 11.9. The van der Waals surface area contributed by atoms with Crippen molar-refractivity contribution < 1.29 is 0 Å². The fraction of sp³-hybridized carbons (Fsp3) is 0.750. The molecular formula is C12H21ClN2S. The van der Waals surface area contributed by atoms with Gasteiger partial charge < -0.3 is 5.32 Å².